The predicted octanol–water partition coefficient (Wildman–Crippen LogP) is 3.67. The summed E-state index contributed by atoms with van der Waals surface area (Å²) in [5.41, 5.74) is 0.381. The highest BCUT2D eigenvalue weighted by Gasteiger charge is 2.12. The number of amides is 1. The molecule has 6 heteroatoms. The van der Waals surface area contributed by atoms with Crippen LogP contribution < -0.4 is 5.32 Å². The molecule has 0 atom stereocenters. The molecule has 1 amide bonds. The van der Waals surface area contributed by atoms with E-state index >= 15 is 0 Å². The molecule has 0 bridgehead atoms. The Labute approximate surface area is 119 Å². The number of anilines is 1. The molecule has 0 saturated heterocycles. The molecule has 2 aromatic rings. The van der Waals surface area contributed by atoms with E-state index in [0.717, 1.165) is 6.07 Å². The highest BCUT2D eigenvalue weighted by Crippen LogP contribution is 2.19. The fourth-order valence-corrected chi connectivity index (χ4v) is 1.77. The van der Waals surface area contributed by atoms with Crippen molar-refractivity contribution < 1.29 is 18.4 Å². The van der Waals surface area contributed by atoms with Crippen molar-refractivity contribution >= 4 is 29.0 Å². The van der Waals surface area contributed by atoms with Crippen molar-refractivity contribution in [3.63, 3.8) is 0 Å². The second kappa shape index (κ2) is 6.34. The Kier molecular flexibility index (Phi) is 4.53. The largest absolute Gasteiger partial charge is 0.461 e. The van der Waals surface area contributed by atoms with Crippen LogP contribution in [0.2, 0.25) is 5.02 Å². The molecule has 104 valence electrons. The predicted molar refractivity (Wildman–Crippen MR) is 72.3 cm³/mol. The van der Waals surface area contributed by atoms with E-state index in [9.17, 15) is 14.0 Å². The molecule has 4 nitrogen and oxygen atoms in total. The molecular weight excluding hydrogens is 285 g/mol. The molecule has 0 aliphatic heterocycles. The van der Waals surface area contributed by atoms with Gasteiger partial charge in [0.1, 0.15) is 5.82 Å². The van der Waals surface area contributed by atoms with Crippen LogP contribution in [-0.4, -0.2) is 11.7 Å². The van der Waals surface area contributed by atoms with Crippen LogP contribution in [0, 0.1) is 5.82 Å². The van der Waals surface area contributed by atoms with Crippen molar-refractivity contribution in [2.45, 2.75) is 12.8 Å². The maximum Gasteiger partial charge on any atom is 0.224 e. The van der Waals surface area contributed by atoms with Gasteiger partial charge in [-0.1, -0.05) is 11.6 Å². The van der Waals surface area contributed by atoms with Gasteiger partial charge in [0, 0.05) is 18.5 Å². The molecule has 0 aliphatic carbocycles. The smallest absolute Gasteiger partial charge is 0.224 e. The van der Waals surface area contributed by atoms with Crippen molar-refractivity contribution in [3.8, 4) is 0 Å². The minimum absolute atomic E-state index is 0.00846. The first kappa shape index (κ1) is 14.3. The third kappa shape index (κ3) is 3.68. The molecule has 0 spiro atoms. The number of Topliss-reactive ketones (excluding diaryl/α,β-unsaturated/α-hetero) is 1. The lowest BCUT2D eigenvalue weighted by molar-refractivity contribution is -0.116. The molecule has 0 saturated carbocycles. The Morgan fingerprint density at radius 2 is 2.05 bits per heavy atom. The van der Waals surface area contributed by atoms with Crippen LogP contribution in [0.25, 0.3) is 0 Å². The van der Waals surface area contributed by atoms with Gasteiger partial charge in [-0.3, -0.25) is 9.59 Å². The van der Waals surface area contributed by atoms with Gasteiger partial charge in [0.05, 0.1) is 11.3 Å². The van der Waals surface area contributed by atoms with E-state index in [4.69, 9.17) is 16.0 Å². The van der Waals surface area contributed by atoms with Crippen LogP contribution >= 0.6 is 11.6 Å². The molecule has 1 aromatic carbocycles. The van der Waals surface area contributed by atoms with Crippen LogP contribution in [0.4, 0.5) is 10.1 Å². The highest BCUT2D eigenvalue weighted by atomic mass is 35.5. The maximum atomic E-state index is 12.9. The number of rotatable bonds is 5. The van der Waals surface area contributed by atoms with Crippen molar-refractivity contribution in [2.24, 2.45) is 0 Å². The van der Waals surface area contributed by atoms with Crippen molar-refractivity contribution in [3.05, 3.63) is 53.2 Å². The zero-order chi connectivity index (χ0) is 14.5. The average molecular weight is 296 g/mol. The van der Waals surface area contributed by atoms with Crippen molar-refractivity contribution in [2.75, 3.05) is 5.32 Å². The van der Waals surface area contributed by atoms with E-state index in [-0.39, 0.29) is 35.3 Å². The number of carbonyl (C=O) groups is 2. The van der Waals surface area contributed by atoms with E-state index in [2.05, 4.69) is 5.32 Å². The Morgan fingerprint density at radius 1 is 1.25 bits per heavy atom. The summed E-state index contributed by atoms with van der Waals surface area (Å²) >= 11 is 5.60. The Morgan fingerprint density at radius 3 is 2.70 bits per heavy atom. The summed E-state index contributed by atoms with van der Waals surface area (Å²) in [4.78, 5) is 23.3. The number of benzene rings is 1. The third-order valence-electron chi connectivity index (χ3n) is 2.58. The van der Waals surface area contributed by atoms with Gasteiger partial charge in [-0.05, 0) is 30.3 Å². The second-order valence-electron chi connectivity index (χ2n) is 4.08. The SMILES string of the molecule is O=C(CCC(=O)c1ccco1)Nc1ccc(F)c(Cl)c1. The number of halogens is 2. The lowest BCUT2D eigenvalue weighted by atomic mass is 10.1. The Bertz CT molecular complexity index is 625. The van der Waals surface area contributed by atoms with E-state index in [1.165, 1.54) is 18.4 Å². The van der Waals surface area contributed by atoms with Gasteiger partial charge in [-0.2, -0.15) is 0 Å². The average Bonchev–Trinajstić information content (AvgIpc) is 2.94. The summed E-state index contributed by atoms with van der Waals surface area (Å²) in [6, 6.07) is 7.01. The molecule has 0 aliphatic rings. The van der Waals surface area contributed by atoms with Gasteiger partial charge in [-0.15, -0.1) is 0 Å². The minimum atomic E-state index is -0.558. The fraction of sp³-hybridized carbons (Fsp3) is 0.143. The van der Waals surface area contributed by atoms with Crippen molar-refractivity contribution in [1.29, 1.82) is 0 Å². The molecule has 1 aromatic heterocycles. The quantitative estimate of drug-likeness (QED) is 0.856. The van der Waals surface area contributed by atoms with Crippen LogP contribution in [0.1, 0.15) is 23.4 Å². The lowest BCUT2D eigenvalue weighted by Gasteiger charge is -2.05. The summed E-state index contributed by atoms with van der Waals surface area (Å²) in [6.45, 7) is 0. The van der Waals surface area contributed by atoms with Gasteiger partial charge < -0.3 is 9.73 Å². The summed E-state index contributed by atoms with van der Waals surface area (Å²) < 4.78 is 17.9. The first-order valence-corrected chi connectivity index (χ1v) is 6.25. The summed E-state index contributed by atoms with van der Waals surface area (Å²) in [5.74, 6) is -0.935. The van der Waals surface area contributed by atoms with Crippen LogP contribution in [0.3, 0.4) is 0 Å². The van der Waals surface area contributed by atoms with Crippen molar-refractivity contribution in [1.82, 2.24) is 0 Å². The Hall–Kier alpha value is -2.14. The first-order valence-electron chi connectivity index (χ1n) is 5.88. The summed E-state index contributed by atoms with van der Waals surface area (Å²) in [5, 5.41) is 2.46. The third-order valence-corrected chi connectivity index (χ3v) is 2.87. The first-order chi connectivity index (χ1) is 9.56. The molecule has 0 unspecified atom stereocenters. The monoisotopic (exact) mass is 295 g/mol. The number of furan rings is 1. The normalized spacial score (nSPS) is 10.3. The van der Waals surface area contributed by atoms with E-state index < -0.39 is 5.82 Å². The number of hydrogen-bond acceptors (Lipinski definition) is 3. The van der Waals surface area contributed by atoms with E-state index in [1.54, 1.807) is 12.1 Å². The van der Waals surface area contributed by atoms with E-state index in [0.29, 0.717) is 5.69 Å². The van der Waals surface area contributed by atoms with Gasteiger partial charge in [-0.25, -0.2) is 4.39 Å². The highest BCUT2D eigenvalue weighted by molar-refractivity contribution is 6.31. The zero-order valence-corrected chi connectivity index (χ0v) is 11.1. The van der Waals surface area contributed by atoms with Crippen LogP contribution in [0.5, 0.6) is 0 Å². The Balaban J connectivity index is 1.86. The summed E-state index contributed by atoms with van der Waals surface area (Å²) in [6.07, 6.45) is 1.44. The summed E-state index contributed by atoms with van der Waals surface area (Å²) in [7, 11) is 0. The minimum Gasteiger partial charge on any atom is -0.461 e. The number of hydrogen-bond donors (Lipinski definition) is 1. The number of ketones is 1. The molecular formula is C14H11ClFNO3. The van der Waals surface area contributed by atoms with Gasteiger partial charge in [0.25, 0.3) is 0 Å². The second-order valence-corrected chi connectivity index (χ2v) is 4.48. The maximum absolute atomic E-state index is 12.9. The van der Waals surface area contributed by atoms with Gasteiger partial charge in [0.2, 0.25) is 5.91 Å². The molecule has 1 heterocycles. The van der Waals surface area contributed by atoms with Gasteiger partial charge in [0.15, 0.2) is 11.5 Å². The topological polar surface area (TPSA) is 59.3 Å². The fourth-order valence-electron chi connectivity index (χ4n) is 1.58. The molecule has 2 rings (SSSR count). The van der Waals surface area contributed by atoms with Gasteiger partial charge >= 0.3 is 0 Å². The lowest BCUT2D eigenvalue weighted by Crippen LogP contribution is -2.13. The molecule has 1 N–H and O–H groups in total. The molecule has 0 radical (unpaired) electrons. The number of carbonyl (C=O) groups excluding carboxylic acids is 2. The van der Waals surface area contributed by atoms with E-state index in [1.807, 2.05) is 0 Å². The molecule has 20 heavy (non-hydrogen) atoms. The standard InChI is InChI=1S/C14H11ClFNO3/c15-10-8-9(3-4-11(10)16)17-14(19)6-5-12(18)13-2-1-7-20-13/h1-4,7-8H,5-6H2,(H,17,19). The number of nitrogens with one attached hydrogen (secondary N) is 1. The molecule has 0 fully saturated rings. The zero-order valence-electron chi connectivity index (χ0n) is 10.4. The van der Waals surface area contributed by atoms with Crippen LogP contribution in [0.15, 0.2) is 41.0 Å². The van der Waals surface area contributed by atoms with Crippen LogP contribution in [-0.2, 0) is 4.79 Å².